The standard InChI is InChI=1S/C4H8N4/c1-4-7-3(5-1)2-6-8-4/h2-5,7-8H,1H2. The van der Waals surface area contributed by atoms with Crippen LogP contribution < -0.4 is 16.1 Å². The van der Waals surface area contributed by atoms with Crippen molar-refractivity contribution in [2.24, 2.45) is 5.10 Å². The summed E-state index contributed by atoms with van der Waals surface area (Å²) in [5, 5.41) is 10.3. The molecule has 0 aromatic heterocycles. The fourth-order valence-corrected chi connectivity index (χ4v) is 0.966. The summed E-state index contributed by atoms with van der Waals surface area (Å²) in [6, 6.07) is 0. The lowest BCUT2D eigenvalue weighted by Gasteiger charge is -2.13. The van der Waals surface area contributed by atoms with Crippen molar-refractivity contribution in [1.82, 2.24) is 16.1 Å². The lowest BCUT2D eigenvalue weighted by molar-refractivity contribution is 0.492. The maximum absolute atomic E-state index is 3.90. The molecule has 1 saturated heterocycles. The minimum absolute atomic E-state index is 0.307. The van der Waals surface area contributed by atoms with Crippen molar-refractivity contribution in [1.29, 1.82) is 0 Å². The molecule has 0 amide bonds. The molecule has 0 aliphatic carbocycles. The topological polar surface area (TPSA) is 48.5 Å². The summed E-state index contributed by atoms with van der Waals surface area (Å²) >= 11 is 0. The zero-order valence-electron chi connectivity index (χ0n) is 4.39. The van der Waals surface area contributed by atoms with Crippen LogP contribution in [0.1, 0.15) is 0 Å². The predicted octanol–water partition coefficient (Wildman–Crippen LogP) is -1.58. The van der Waals surface area contributed by atoms with Gasteiger partial charge in [-0.1, -0.05) is 0 Å². The highest BCUT2D eigenvalue weighted by molar-refractivity contribution is 5.65. The van der Waals surface area contributed by atoms with Crippen LogP contribution in [-0.4, -0.2) is 25.1 Å². The molecule has 8 heavy (non-hydrogen) atoms. The summed E-state index contributed by atoms with van der Waals surface area (Å²) in [4.78, 5) is 0. The van der Waals surface area contributed by atoms with Gasteiger partial charge in [-0.25, -0.2) is 0 Å². The first-order valence-corrected chi connectivity index (χ1v) is 2.73. The summed E-state index contributed by atoms with van der Waals surface area (Å²) in [7, 11) is 0. The Balaban J connectivity index is 2.17. The van der Waals surface area contributed by atoms with E-state index in [1.807, 2.05) is 6.21 Å². The predicted molar refractivity (Wildman–Crippen MR) is 30.3 cm³/mol. The Morgan fingerprint density at radius 1 is 1.62 bits per heavy atom. The van der Waals surface area contributed by atoms with Gasteiger partial charge in [0.2, 0.25) is 0 Å². The summed E-state index contributed by atoms with van der Waals surface area (Å²) in [5.41, 5.74) is 2.91. The van der Waals surface area contributed by atoms with Crippen LogP contribution in [0.3, 0.4) is 0 Å². The van der Waals surface area contributed by atoms with Gasteiger partial charge in [0.1, 0.15) is 6.17 Å². The van der Waals surface area contributed by atoms with Gasteiger partial charge in [0.05, 0.1) is 12.4 Å². The van der Waals surface area contributed by atoms with Gasteiger partial charge in [-0.15, -0.1) is 0 Å². The number of nitrogens with zero attached hydrogens (tertiary/aromatic N) is 1. The van der Waals surface area contributed by atoms with Gasteiger partial charge in [0, 0.05) is 6.54 Å². The molecule has 3 N–H and O–H groups in total. The SMILES string of the molecule is C1=NNC2CNC1N2. The summed E-state index contributed by atoms with van der Waals surface area (Å²) in [6.07, 6.45) is 2.48. The van der Waals surface area contributed by atoms with Gasteiger partial charge < -0.3 is 0 Å². The van der Waals surface area contributed by atoms with Crippen molar-refractivity contribution in [2.45, 2.75) is 12.3 Å². The van der Waals surface area contributed by atoms with E-state index in [0.29, 0.717) is 12.3 Å². The lowest BCUT2D eigenvalue weighted by Crippen LogP contribution is -2.44. The van der Waals surface area contributed by atoms with E-state index >= 15 is 0 Å². The van der Waals surface area contributed by atoms with Gasteiger partial charge in [0.15, 0.2) is 0 Å². The Morgan fingerprint density at radius 2 is 2.62 bits per heavy atom. The van der Waals surface area contributed by atoms with Crippen LogP contribution in [0.4, 0.5) is 0 Å². The Morgan fingerprint density at radius 3 is 3.38 bits per heavy atom. The average molecular weight is 112 g/mol. The minimum atomic E-state index is 0.307. The Kier molecular flexibility index (Phi) is 0.767. The fourth-order valence-electron chi connectivity index (χ4n) is 0.966. The first-order valence-electron chi connectivity index (χ1n) is 2.73. The number of hydrogen-bond acceptors (Lipinski definition) is 4. The maximum Gasteiger partial charge on any atom is 0.107 e. The molecule has 0 aromatic rings. The third kappa shape index (κ3) is 0.502. The molecule has 0 aromatic carbocycles. The molecule has 2 unspecified atom stereocenters. The zero-order chi connectivity index (χ0) is 5.40. The van der Waals surface area contributed by atoms with Crippen LogP contribution in [0.5, 0.6) is 0 Å². The molecule has 2 heterocycles. The Labute approximate surface area is 47.3 Å². The maximum atomic E-state index is 3.90. The molecule has 2 rings (SSSR count). The van der Waals surface area contributed by atoms with Crippen molar-refractivity contribution in [2.75, 3.05) is 6.54 Å². The zero-order valence-corrected chi connectivity index (χ0v) is 4.39. The third-order valence-corrected chi connectivity index (χ3v) is 1.38. The number of rotatable bonds is 0. The third-order valence-electron chi connectivity index (χ3n) is 1.38. The highest BCUT2D eigenvalue weighted by Gasteiger charge is 2.23. The fraction of sp³-hybridized carbons (Fsp3) is 0.750. The van der Waals surface area contributed by atoms with E-state index < -0.39 is 0 Å². The molecular formula is C4H8N4. The molecule has 44 valence electrons. The summed E-state index contributed by atoms with van der Waals surface area (Å²) < 4.78 is 0. The number of nitrogens with one attached hydrogen (secondary N) is 3. The van der Waals surface area contributed by atoms with Crippen molar-refractivity contribution in [3.8, 4) is 0 Å². The quantitative estimate of drug-likeness (QED) is 0.354. The van der Waals surface area contributed by atoms with Crippen LogP contribution in [0.25, 0.3) is 0 Å². The smallest absolute Gasteiger partial charge is 0.107 e. The molecule has 2 aliphatic rings. The monoisotopic (exact) mass is 112 g/mol. The van der Waals surface area contributed by atoms with E-state index in [-0.39, 0.29) is 0 Å². The number of fused-ring (bicyclic) bond motifs is 2. The van der Waals surface area contributed by atoms with E-state index in [1.165, 1.54) is 0 Å². The number of hydrazone groups is 1. The highest BCUT2D eigenvalue weighted by atomic mass is 15.5. The van der Waals surface area contributed by atoms with Gasteiger partial charge in [-0.05, 0) is 0 Å². The first-order chi connectivity index (χ1) is 3.95. The van der Waals surface area contributed by atoms with Crippen LogP contribution in [0.2, 0.25) is 0 Å². The number of hydrogen-bond donors (Lipinski definition) is 3. The molecule has 2 aliphatic heterocycles. The van der Waals surface area contributed by atoms with Crippen LogP contribution in [0, 0.1) is 0 Å². The van der Waals surface area contributed by atoms with E-state index in [0.717, 1.165) is 6.54 Å². The normalized spacial score (nSPS) is 42.0. The summed E-state index contributed by atoms with van der Waals surface area (Å²) in [5.74, 6) is 0. The van der Waals surface area contributed by atoms with Crippen LogP contribution in [-0.2, 0) is 0 Å². The van der Waals surface area contributed by atoms with E-state index in [1.54, 1.807) is 0 Å². The van der Waals surface area contributed by atoms with E-state index in [2.05, 4.69) is 21.2 Å². The van der Waals surface area contributed by atoms with Crippen molar-refractivity contribution < 1.29 is 0 Å². The van der Waals surface area contributed by atoms with Crippen LogP contribution >= 0.6 is 0 Å². The van der Waals surface area contributed by atoms with Crippen LogP contribution in [0.15, 0.2) is 5.10 Å². The van der Waals surface area contributed by atoms with E-state index in [9.17, 15) is 0 Å². The molecule has 0 radical (unpaired) electrons. The molecule has 2 bridgehead atoms. The average Bonchev–Trinajstić information content (AvgIpc) is 2.12. The molecule has 1 fully saturated rings. The second kappa shape index (κ2) is 1.43. The second-order valence-corrected chi connectivity index (χ2v) is 2.01. The summed E-state index contributed by atoms with van der Waals surface area (Å²) in [6.45, 7) is 0.963. The van der Waals surface area contributed by atoms with Gasteiger partial charge >= 0.3 is 0 Å². The van der Waals surface area contributed by atoms with Gasteiger partial charge in [-0.2, -0.15) is 5.10 Å². The van der Waals surface area contributed by atoms with Crippen molar-refractivity contribution in [3.63, 3.8) is 0 Å². The molecule has 4 heteroatoms. The molecule has 0 saturated carbocycles. The molecule has 2 atom stereocenters. The first kappa shape index (κ1) is 4.29. The van der Waals surface area contributed by atoms with Crippen molar-refractivity contribution in [3.05, 3.63) is 0 Å². The van der Waals surface area contributed by atoms with Gasteiger partial charge in [0.25, 0.3) is 0 Å². The Bertz CT molecular complexity index is 121. The molecule has 0 spiro atoms. The highest BCUT2D eigenvalue weighted by Crippen LogP contribution is 1.93. The molecule has 4 nitrogen and oxygen atoms in total. The Hall–Kier alpha value is -0.610. The lowest BCUT2D eigenvalue weighted by atomic mass is 10.5. The largest absolute Gasteiger partial charge is 0.294 e. The van der Waals surface area contributed by atoms with Gasteiger partial charge in [-0.3, -0.25) is 16.1 Å². The van der Waals surface area contributed by atoms with E-state index in [4.69, 9.17) is 0 Å². The van der Waals surface area contributed by atoms with Crippen molar-refractivity contribution >= 4 is 6.21 Å². The minimum Gasteiger partial charge on any atom is -0.294 e. The molecular weight excluding hydrogens is 104 g/mol. The second-order valence-electron chi connectivity index (χ2n) is 2.01.